The minimum absolute atomic E-state index is 0.754. The predicted octanol–water partition coefficient (Wildman–Crippen LogP) is 2.69. The van der Waals surface area contributed by atoms with Crippen molar-refractivity contribution in [3.05, 3.63) is 42.1 Å². The van der Waals surface area contributed by atoms with Crippen LogP contribution in [-0.4, -0.2) is 12.0 Å². The van der Waals surface area contributed by atoms with Crippen molar-refractivity contribution in [3.8, 4) is 0 Å². The number of aromatic nitrogens is 1. The Balaban J connectivity index is 0.000000404. The van der Waals surface area contributed by atoms with Gasteiger partial charge in [0.1, 0.15) is 0 Å². The van der Waals surface area contributed by atoms with E-state index in [1.54, 1.807) is 0 Å². The van der Waals surface area contributed by atoms with Gasteiger partial charge in [-0.05, 0) is 32.0 Å². The van der Waals surface area contributed by atoms with Crippen LogP contribution in [0.3, 0.4) is 0 Å². The van der Waals surface area contributed by atoms with Crippen molar-refractivity contribution in [3.63, 3.8) is 0 Å². The molecule has 0 spiro atoms. The van der Waals surface area contributed by atoms with Crippen LogP contribution in [-0.2, 0) is 0 Å². The van der Waals surface area contributed by atoms with Crippen LogP contribution >= 0.6 is 0 Å². The van der Waals surface area contributed by atoms with Gasteiger partial charge in [-0.1, -0.05) is 24.3 Å². The summed E-state index contributed by atoms with van der Waals surface area (Å²) < 4.78 is 0. The van der Waals surface area contributed by atoms with Crippen molar-refractivity contribution < 1.29 is 0 Å². The van der Waals surface area contributed by atoms with Crippen molar-refractivity contribution in [1.82, 2.24) is 4.98 Å². The van der Waals surface area contributed by atoms with Crippen molar-refractivity contribution >= 4 is 10.9 Å². The number of pyridine rings is 1. The van der Waals surface area contributed by atoms with Gasteiger partial charge in [-0.3, -0.25) is 4.98 Å². The van der Waals surface area contributed by atoms with E-state index in [2.05, 4.69) is 41.0 Å². The van der Waals surface area contributed by atoms with Gasteiger partial charge in [-0.2, -0.15) is 0 Å². The molecular formula is C13H16N2. The molecule has 0 unspecified atom stereocenters. The molecule has 1 aliphatic carbocycles. The van der Waals surface area contributed by atoms with Gasteiger partial charge in [-0.15, -0.1) is 0 Å². The van der Waals surface area contributed by atoms with Crippen molar-refractivity contribution in [2.75, 3.05) is 7.05 Å². The van der Waals surface area contributed by atoms with Gasteiger partial charge in [0.15, 0.2) is 0 Å². The number of benzene rings is 1. The van der Waals surface area contributed by atoms with E-state index in [4.69, 9.17) is 0 Å². The summed E-state index contributed by atoms with van der Waals surface area (Å²) in [7, 11) is 1.50. The molecule has 1 aromatic heterocycles. The van der Waals surface area contributed by atoms with Crippen LogP contribution < -0.4 is 5.73 Å². The Morgan fingerprint density at radius 2 is 1.80 bits per heavy atom. The fourth-order valence-corrected chi connectivity index (χ4v) is 1.69. The van der Waals surface area contributed by atoms with Crippen LogP contribution in [0.4, 0.5) is 0 Å². The standard InChI is InChI=1S/C12H11N.CH5N/c1-2-4-11-9(3-1)7-8-12(13-11)10-5-6-10;1-2/h1-4,7-8,10H,5-6H2;2H2,1H3. The SMILES string of the molecule is CN.c1ccc2nc(C3CC3)ccc2c1. The van der Waals surface area contributed by atoms with Crippen molar-refractivity contribution in [1.29, 1.82) is 0 Å². The third kappa shape index (κ3) is 2.16. The molecule has 1 heterocycles. The molecule has 0 bridgehead atoms. The molecule has 3 rings (SSSR count). The maximum atomic E-state index is 4.64. The topological polar surface area (TPSA) is 38.9 Å². The van der Waals surface area contributed by atoms with Crippen LogP contribution in [0, 0.1) is 0 Å². The molecule has 2 N–H and O–H groups in total. The third-order valence-corrected chi connectivity index (χ3v) is 2.62. The third-order valence-electron chi connectivity index (χ3n) is 2.62. The first-order chi connectivity index (χ1) is 7.43. The second-order valence-corrected chi connectivity index (χ2v) is 3.70. The highest BCUT2D eigenvalue weighted by Gasteiger charge is 2.24. The Kier molecular flexibility index (Phi) is 2.97. The smallest absolute Gasteiger partial charge is 0.0705 e. The molecule has 1 fully saturated rings. The molecule has 0 radical (unpaired) electrons. The normalized spacial score (nSPS) is 14.5. The molecule has 2 aromatic rings. The number of para-hydroxylation sites is 1. The van der Waals surface area contributed by atoms with E-state index in [9.17, 15) is 0 Å². The molecule has 2 heteroatoms. The van der Waals surface area contributed by atoms with Gasteiger partial charge in [0.25, 0.3) is 0 Å². The molecule has 1 aromatic carbocycles. The number of fused-ring (bicyclic) bond motifs is 1. The summed E-state index contributed by atoms with van der Waals surface area (Å²) >= 11 is 0. The summed E-state index contributed by atoms with van der Waals surface area (Å²) in [6.45, 7) is 0. The molecule has 2 nitrogen and oxygen atoms in total. The van der Waals surface area contributed by atoms with E-state index in [1.807, 2.05) is 6.07 Å². The number of nitrogens with zero attached hydrogens (tertiary/aromatic N) is 1. The zero-order valence-corrected chi connectivity index (χ0v) is 8.98. The zero-order valence-electron chi connectivity index (χ0n) is 8.98. The molecule has 0 saturated heterocycles. The summed E-state index contributed by atoms with van der Waals surface area (Å²) in [6, 6.07) is 12.6. The Labute approximate surface area is 90.1 Å². The summed E-state index contributed by atoms with van der Waals surface area (Å²) in [5.41, 5.74) is 6.91. The van der Waals surface area contributed by atoms with Crippen LogP contribution in [0.2, 0.25) is 0 Å². The maximum absolute atomic E-state index is 4.64. The lowest BCUT2D eigenvalue weighted by molar-refractivity contribution is 1.04. The lowest BCUT2D eigenvalue weighted by Crippen LogP contribution is -1.86. The summed E-state index contributed by atoms with van der Waals surface area (Å²) in [6.07, 6.45) is 2.65. The first-order valence-corrected chi connectivity index (χ1v) is 5.37. The molecule has 1 aliphatic rings. The summed E-state index contributed by atoms with van der Waals surface area (Å²) in [5, 5.41) is 1.24. The monoisotopic (exact) mass is 200 g/mol. The predicted molar refractivity (Wildman–Crippen MR) is 63.8 cm³/mol. The van der Waals surface area contributed by atoms with Gasteiger partial charge in [0, 0.05) is 17.0 Å². The molecule has 0 amide bonds. The van der Waals surface area contributed by atoms with E-state index >= 15 is 0 Å². The molecule has 1 saturated carbocycles. The second-order valence-electron chi connectivity index (χ2n) is 3.70. The number of nitrogens with two attached hydrogens (primary N) is 1. The van der Waals surface area contributed by atoms with Crippen LogP contribution in [0.5, 0.6) is 0 Å². The minimum Gasteiger partial charge on any atom is -0.333 e. The van der Waals surface area contributed by atoms with Crippen LogP contribution in [0.25, 0.3) is 10.9 Å². The van der Waals surface area contributed by atoms with E-state index in [0.29, 0.717) is 0 Å². The maximum Gasteiger partial charge on any atom is 0.0705 e. The average molecular weight is 200 g/mol. The fraction of sp³-hybridized carbons (Fsp3) is 0.308. The van der Waals surface area contributed by atoms with E-state index in [0.717, 1.165) is 11.4 Å². The fourth-order valence-electron chi connectivity index (χ4n) is 1.69. The molecule has 0 aliphatic heterocycles. The summed E-state index contributed by atoms with van der Waals surface area (Å²) in [4.78, 5) is 4.64. The van der Waals surface area contributed by atoms with E-state index in [-0.39, 0.29) is 0 Å². The van der Waals surface area contributed by atoms with Gasteiger partial charge >= 0.3 is 0 Å². The zero-order chi connectivity index (χ0) is 10.7. The summed E-state index contributed by atoms with van der Waals surface area (Å²) in [5.74, 6) is 0.754. The largest absolute Gasteiger partial charge is 0.333 e. The minimum atomic E-state index is 0.754. The number of rotatable bonds is 1. The molecule has 0 atom stereocenters. The highest BCUT2D eigenvalue weighted by Crippen LogP contribution is 2.39. The first-order valence-electron chi connectivity index (χ1n) is 5.37. The number of hydrogen-bond acceptors (Lipinski definition) is 2. The van der Waals surface area contributed by atoms with Gasteiger partial charge in [0.05, 0.1) is 5.52 Å². The lowest BCUT2D eigenvalue weighted by Gasteiger charge is -1.99. The highest BCUT2D eigenvalue weighted by molar-refractivity contribution is 5.78. The Morgan fingerprint density at radius 1 is 1.07 bits per heavy atom. The Bertz CT molecular complexity index is 447. The Morgan fingerprint density at radius 3 is 2.53 bits per heavy atom. The van der Waals surface area contributed by atoms with Crippen molar-refractivity contribution in [2.24, 2.45) is 5.73 Å². The van der Waals surface area contributed by atoms with E-state index < -0.39 is 0 Å². The van der Waals surface area contributed by atoms with Crippen LogP contribution in [0.15, 0.2) is 36.4 Å². The molecule has 78 valence electrons. The Hall–Kier alpha value is -1.41. The molecular weight excluding hydrogens is 184 g/mol. The van der Waals surface area contributed by atoms with Gasteiger partial charge < -0.3 is 5.73 Å². The van der Waals surface area contributed by atoms with Crippen LogP contribution in [0.1, 0.15) is 24.5 Å². The first kappa shape index (κ1) is 10.1. The van der Waals surface area contributed by atoms with Gasteiger partial charge in [0.2, 0.25) is 0 Å². The van der Waals surface area contributed by atoms with E-state index in [1.165, 1.54) is 31.0 Å². The quantitative estimate of drug-likeness (QED) is 0.768. The lowest BCUT2D eigenvalue weighted by atomic mass is 10.2. The highest BCUT2D eigenvalue weighted by atomic mass is 14.7. The second kappa shape index (κ2) is 4.41. The number of hydrogen-bond donors (Lipinski definition) is 1. The van der Waals surface area contributed by atoms with Crippen molar-refractivity contribution in [2.45, 2.75) is 18.8 Å². The average Bonchev–Trinajstić information content (AvgIpc) is 3.15. The molecule has 15 heavy (non-hydrogen) atoms. The van der Waals surface area contributed by atoms with Gasteiger partial charge in [-0.25, -0.2) is 0 Å².